The third kappa shape index (κ3) is 1.94. The first-order chi connectivity index (χ1) is 8.47. The van der Waals surface area contributed by atoms with Crippen LogP contribution in [0.1, 0.15) is 17.3 Å². The number of Topliss-reactive ketones (excluding diaryl/α,β-unsaturated/α-hetero) is 1. The van der Waals surface area contributed by atoms with Gasteiger partial charge in [-0.25, -0.2) is 8.78 Å². The third-order valence-electron chi connectivity index (χ3n) is 2.77. The Morgan fingerprint density at radius 2 is 1.89 bits per heavy atom. The minimum Gasteiger partial charge on any atom is -0.302 e. The van der Waals surface area contributed by atoms with Crippen molar-refractivity contribution in [1.29, 1.82) is 0 Å². The van der Waals surface area contributed by atoms with Crippen LogP contribution in [-0.4, -0.2) is 23.6 Å². The molecule has 1 unspecified atom stereocenters. The van der Waals surface area contributed by atoms with Crippen LogP contribution in [0.2, 0.25) is 0 Å². The van der Waals surface area contributed by atoms with Crippen LogP contribution >= 0.6 is 15.9 Å². The fourth-order valence-corrected chi connectivity index (χ4v) is 2.09. The number of benzene rings is 1. The number of amides is 1. The zero-order valence-electron chi connectivity index (χ0n) is 9.54. The number of ketones is 1. The molecule has 1 aliphatic heterocycles. The maximum Gasteiger partial charge on any atom is 0.299 e. The molecule has 18 heavy (non-hydrogen) atoms. The Bertz CT molecular complexity index is 533. The lowest BCUT2D eigenvalue weighted by Crippen LogP contribution is -2.34. The summed E-state index contributed by atoms with van der Waals surface area (Å²) in [7, 11) is 0. The van der Waals surface area contributed by atoms with E-state index < -0.39 is 28.9 Å². The van der Waals surface area contributed by atoms with Crippen molar-refractivity contribution < 1.29 is 18.4 Å². The summed E-state index contributed by atoms with van der Waals surface area (Å²) in [6.07, 6.45) is 0. The van der Waals surface area contributed by atoms with Crippen molar-refractivity contribution in [1.82, 2.24) is 0 Å². The summed E-state index contributed by atoms with van der Waals surface area (Å²) in [6, 6.07) is 1.78. The summed E-state index contributed by atoms with van der Waals surface area (Å²) >= 11 is 3.24. The normalized spacial score (nSPS) is 16.1. The van der Waals surface area contributed by atoms with Gasteiger partial charge in [-0.2, -0.15) is 0 Å². The highest BCUT2D eigenvalue weighted by Crippen LogP contribution is 2.34. The molecule has 1 heterocycles. The van der Waals surface area contributed by atoms with Gasteiger partial charge in [0.2, 0.25) is 0 Å². The van der Waals surface area contributed by atoms with Crippen LogP contribution in [0.4, 0.5) is 14.5 Å². The molecule has 0 saturated heterocycles. The van der Waals surface area contributed by atoms with E-state index in [1.807, 2.05) is 6.92 Å². The molecule has 0 radical (unpaired) electrons. The highest BCUT2D eigenvalue weighted by molar-refractivity contribution is 9.09. The number of hydrogen-bond donors (Lipinski definition) is 0. The Kier molecular flexibility index (Phi) is 3.47. The molecule has 0 aromatic heterocycles. The number of hydrogen-bond acceptors (Lipinski definition) is 2. The van der Waals surface area contributed by atoms with Crippen molar-refractivity contribution in [2.24, 2.45) is 5.92 Å². The number of anilines is 1. The van der Waals surface area contributed by atoms with Gasteiger partial charge >= 0.3 is 0 Å². The summed E-state index contributed by atoms with van der Waals surface area (Å²) in [4.78, 5) is 24.4. The monoisotopic (exact) mass is 317 g/mol. The highest BCUT2D eigenvalue weighted by Gasteiger charge is 2.40. The van der Waals surface area contributed by atoms with Crippen molar-refractivity contribution in [3.05, 3.63) is 29.3 Å². The molecule has 1 amide bonds. The predicted octanol–water partition coefficient (Wildman–Crippen LogP) is 2.53. The van der Waals surface area contributed by atoms with E-state index in [1.165, 1.54) is 0 Å². The molecule has 0 bridgehead atoms. The Labute approximate surface area is 111 Å². The van der Waals surface area contributed by atoms with Crippen LogP contribution < -0.4 is 4.90 Å². The second-order valence-corrected chi connectivity index (χ2v) is 4.90. The average molecular weight is 318 g/mol. The Morgan fingerprint density at radius 3 is 2.50 bits per heavy atom. The molecule has 1 aromatic rings. The van der Waals surface area contributed by atoms with Gasteiger partial charge in [0.25, 0.3) is 11.7 Å². The van der Waals surface area contributed by atoms with E-state index in [4.69, 9.17) is 0 Å². The zero-order valence-corrected chi connectivity index (χ0v) is 11.1. The van der Waals surface area contributed by atoms with Crippen LogP contribution in [0.5, 0.6) is 0 Å². The smallest absolute Gasteiger partial charge is 0.299 e. The summed E-state index contributed by atoms with van der Waals surface area (Å²) in [5.41, 5.74) is -0.695. The second-order valence-electron chi connectivity index (χ2n) is 4.26. The van der Waals surface area contributed by atoms with E-state index in [0.717, 1.165) is 17.0 Å². The van der Waals surface area contributed by atoms with Crippen molar-refractivity contribution in [3.63, 3.8) is 0 Å². The van der Waals surface area contributed by atoms with Crippen LogP contribution in [0.3, 0.4) is 0 Å². The van der Waals surface area contributed by atoms with Gasteiger partial charge in [-0.3, -0.25) is 9.59 Å². The van der Waals surface area contributed by atoms with E-state index in [1.54, 1.807) is 0 Å². The second kappa shape index (κ2) is 4.76. The number of nitrogens with zero attached hydrogens (tertiary/aromatic N) is 1. The fraction of sp³-hybridized carbons (Fsp3) is 0.333. The molecule has 0 saturated carbocycles. The van der Waals surface area contributed by atoms with Crippen molar-refractivity contribution in [2.75, 3.05) is 16.8 Å². The summed E-state index contributed by atoms with van der Waals surface area (Å²) < 4.78 is 27.2. The van der Waals surface area contributed by atoms with Gasteiger partial charge in [0, 0.05) is 11.9 Å². The number of alkyl halides is 1. The Balaban J connectivity index is 2.51. The molecular weight excluding hydrogens is 308 g/mol. The van der Waals surface area contributed by atoms with Crippen molar-refractivity contribution >= 4 is 33.3 Å². The van der Waals surface area contributed by atoms with Crippen LogP contribution in [0.15, 0.2) is 12.1 Å². The first-order valence-corrected chi connectivity index (χ1v) is 6.49. The van der Waals surface area contributed by atoms with E-state index >= 15 is 0 Å². The minimum atomic E-state index is -0.983. The fourth-order valence-electron chi connectivity index (χ4n) is 1.89. The lowest BCUT2D eigenvalue weighted by molar-refractivity contribution is -0.114. The first-order valence-electron chi connectivity index (χ1n) is 5.37. The van der Waals surface area contributed by atoms with E-state index in [9.17, 15) is 18.4 Å². The lowest BCUT2D eigenvalue weighted by Gasteiger charge is -2.20. The van der Waals surface area contributed by atoms with Gasteiger partial charge < -0.3 is 4.90 Å². The van der Waals surface area contributed by atoms with Crippen molar-refractivity contribution in [2.45, 2.75) is 6.92 Å². The standard InChI is InChI=1S/C12H10BrF2NO2/c1-6(4-13)5-16-10-8(15)3-2-7(14)9(10)11(17)12(16)18/h2-3,6H,4-5H2,1H3. The van der Waals surface area contributed by atoms with Crippen LogP contribution in [-0.2, 0) is 4.79 Å². The SMILES string of the molecule is CC(CBr)CN1C(=O)C(=O)c2c(F)ccc(F)c21. The van der Waals surface area contributed by atoms with Gasteiger partial charge in [-0.1, -0.05) is 22.9 Å². The molecule has 1 aromatic carbocycles. The number of halogens is 3. The third-order valence-corrected chi connectivity index (χ3v) is 3.88. The quantitative estimate of drug-likeness (QED) is 0.634. The maximum atomic E-state index is 13.7. The van der Waals surface area contributed by atoms with Gasteiger partial charge in [0.05, 0.1) is 11.3 Å². The largest absolute Gasteiger partial charge is 0.302 e. The van der Waals surface area contributed by atoms with Gasteiger partial charge in [-0.05, 0) is 18.1 Å². The molecule has 0 spiro atoms. The number of carbonyl (C=O) groups is 2. The molecule has 0 fully saturated rings. The van der Waals surface area contributed by atoms with Crippen LogP contribution in [0.25, 0.3) is 0 Å². The topological polar surface area (TPSA) is 37.4 Å². The molecule has 1 atom stereocenters. The van der Waals surface area contributed by atoms with E-state index in [-0.39, 0.29) is 18.2 Å². The number of fused-ring (bicyclic) bond motifs is 1. The number of rotatable bonds is 3. The van der Waals surface area contributed by atoms with E-state index in [0.29, 0.717) is 5.33 Å². The maximum absolute atomic E-state index is 13.7. The molecular formula is C12H10BrF2NO2. The Morgan fingerprint density at radius 1 is 1.28 bits per heavy atom. The molecule has 0 aliphatic carbocycles. The summed E-state index contributed by atoms with van der Waals surface area (Å²) in [5.74, 6) is -3.45. The Hall–Kier alpha value is -1.30. The first kappa shape index (κ1) is 13.1. The predicted molar refractivity (Wildman–Crippen MR) is 66.0 cm³/mol. The zero-order chi connectivity index (χ0) is 13.4. The highest BCUT2D eigenvalue weighted by atomic mass is 79.9. The van der Waals surface area contributed by atoms with Crippen molar-refractivity contribution in [3.8, 4) is 0 Å². The molecule has 3 nitrogen and oxygen atoms in total. The van der Waals surface area contributed by atoms with Gasteiger partial charge in [0.15, 0.2) is 0 Å². The summed E-state index contributed by atoms with van der Waals surface area (Å²) in [6.45, 7) is 2.00. The molecule has 0 N–H and O–H groups in total. The molecule has 6 heteroatoms. The van der Waals surface area contributed by atoms with E-state index in [2.05, 4.69) is 15.9 Å². The minimum absolute atomic E-state index is 0.0235. The molecule has 1 aliphatic rings. The molecule has 2 rings (SSSR count). The summed E-state index contributed by atoms with van der Waals surface area (Å²) in [5, 5.41) is 0.594. The van der Waals surface area contributed by atoms with Gasteiger partial charge in [-0.15, -0.1) is 0 Å². The van der Waals surface area contributed by atoms with Crippen LogP contribution in [0, 0.1) is 17.6 Å². The lowest BCUT2D eigenvalue weighted by atomic mass is 10.1. The molecule has 96 valence electrons. The van der Waals surface area contributed by atoms with Gasteiger partial charge in [0.1, 0.15) is 11.6 Å². The number of carbonyl (C=O) groups excluding carboxylic acids is 2. The average Bonchev–Trinajstić information content (AvgIpc) is 2.60.